The van der Waals surface area contributed by atoms with Crippen LogP contribution in [-0.2, 0) is 7.05 Å². The molecule has 4 nitrogen and oxygen atoms in total. The van der Waals surface area contributed by atoms with E-state index in [4.69, 9.17) is 5.73 Å². The van der Waals surface area contributed by atoms with Crippen molar-refractivity contribution >= 4 is 0 Å². The Morgan fingerprint density at radius 3 is 2.81 bits per heavy atom. The molecule has 1 aliphatic carbocycles. The Bertz CT molecular complexity index is 330. The minimum Gasteiger partial charge on any atom is -0.329 e. The van der Waals surface area contributed by atoms with E-state index in [0.717, 1.165) is 12.5 Å². The molecule has 0 aliphatic heterocycles. The van der Waals surface area contributed by atoms with Crippen LogP contribution in [0.5, 0.6) is 0 Å². The van der Waals surface area contributed by atoms with Gasteiger partial charge in [-0.05, 0) is 25.3 Å². The molecule has 1 atom stereocenters. The van der Waals surface area contributed by atoms with E-state index in [-0.39, 0.29) is 0 Å². The van der Waals surface area contributed by atoms with Crippen molar-refractivity contribution in [3.63, 3.8) is 0 Å². The summed E-state index contributed by atoms with van der Waals surface area (Å²) in [6.45, 7) is 5.13. The van der Waals surface area contributed by atoms with E-state index in [1.54, 1.807) is 0 Å². The molecule has 2 rings (SSSR count). The van der Waals surface area contributed by atoms with Crippen molar-refractivity contribution in [3.8, 4) is 0 Å². The standard InChI is InChI=1S/C12H22N4/c1-3-16(8-10-4-5-10)12(6-13)11-7-14-15(2)9-11/h7,9-10,12H,3-6,8,13H2,1-2H3. The molecule has 2 N–H and O–H groups in total. The van der Waals surface area contributed by atoms with Crippen LogP contribution in [-0.4, -0.2) is 34.3 Å². The molecule has 1 unspecified atom stereocenters. The normalized spacial score (nSPS) is 18.0. The Balaban J connectivity index is 2.06. The Hall–Kier alpha value is -0.870. The molecule has 0 radical (unpaired) electrons. The largest absolute Gasteiger partial charge is 0.329 e. The lowest BCUT2D eigenvalue weighted by molar-refractivity contribution is 0.203. The topological polar surface area (TPSA) is 47.1 Å². The highest BCUT2D eigenvalue weighted by molar-refractivity contribution is 5.11. The van der Waals surface area contributed by atoms with E-state index < -0.39 is 0 Å². The monoisotopic (exact) mass is 222 g/mol. The fraction of sp³-hybridized carbons (Fsp3) is 0.750. The molecule has 1 aromatic heterocycles. The third-order valence-electron chi connectivity index (χ3n) is 3.37. The van der Waals surface area contributed by atoms with E-state index in [0.29, 0.717) is 12.6 Å². The summed E-state index contributed by atoms with van der Waals surface area (Å²) in [5, 5.41) is 4.23. The summed E-state index contributed by atoms with van der Waals surface area (Å²) in [6.07, 6.45) is 6.79. The minimum absolute atomic E-state index is 0.333. The average molecular weight is 222 g/mol. The molecule has 0 spiro atoms. The highest BCUT2D eigenvalue weighted by Crippen LogP contribution is 2.32. The van der Waals surface area contributed by atoms with Gasteiger partial charge >= 0.3 is 0 Å². The van der Waals surface area contributed by atoms with Gasteiger partial charge in [-0.3, -0.25) is 9.58 Å². The molecule has 1 saturated carbocycles. The fourth-order valence-corrected chi connectivity index (χ4v) is 2.22. The Morgan fingerprint density at radius 1 is 1.62 bits per heavy atom. The van der Waals surface area contributed by atoms with Gasteiger partial charge in [-0.1, -0.05) is 6.92 Å². The van der Waals surface area contributed by atoms with Crippen LogP contribution in [0.3, 0.4) is 0 Å². The molecule has 4 heteroatoms. The van der Waals surface area contributed by atoms with Crippen molar-refractivity contribution in [2.24, 2.45) is 18.7 Å². The maximum atomic E-state index is 5.91. The predicted octanol–water partition coefficient (Wildman–Crippen LogP) is 1.15. The quantitative estimate of drug-likeness (QED) is 0.785. The number of hydrogen-bond acceptors (Lipinski definition) is 3. The van der Waals surface area contributed by atoms with Gasteiger partial charge in [0.2, 0.25) is 0 Å². The first kappa shape index (κ1) is 11.6. The Kier molecular flexibility index (Phi) is 3.61. The van der Waals surface area contributed by atoms with Crippen LogP contribution < -0.4 is 5.73 Å². The summed E-state index contributed by atoms with van der Waals surface area (Å²) in [7, 11) is 1.95. The number of likely N-dealkylation sites (N-methyl/N-ethyl adjacent to an activating group) is 1. The summed E-state index contributed by atoms with van der Waals surface area (Å²) >= 11 is 0. The highest BCUT2D eigenvalue weighted by Gasteiger charge is 2.27. The van der Waals surface area contributed by atoms with Crippen LogP contribution in [0.2, 0.25) is 0 Å². The molecule has 1 aromatic rings. The molecule has 1 aliphatic rings. The van der Waals surface area contributed by atoms with Gasteiger partial charge in [-0.25, -0.2) is 0 Å². The second kappa shape index (κ2) is 4.97. The van der Waals surface area contributed by atoms with Crippen LogP contribution >= 0.6 is 0 Å². The van der Waals surface area contributed by atoms with Crippen molar-refractivity contribution in [2.75, 3.05) is 19.6 Å². The van der Waals surface area contributed by atoms with E-state index in [9.17, 15) is 0 Å². The fourth-order valence-electron chi connectivity index (χ4n) is 2.22. The average Bonchev–Trinajstić information content (AvgIpc) is 3.00. The zero-order chi connectivity index (χ0) is 11.5. The molecule has 0 saturated heterocycles. The summed E-state index contributed by atoms with van der Waals surface area (Å²) in [5.74, 6) is 0.908. The molecule has 0 amide bonds. The second-order valence-electron chi connectivity index (χ2n) is 4.73. The number of hydrogen-bond donors (Lipinski definition) is 1. The molecule has 1 heterocycles. The summed E-state index contributed by atoms with van der Waals surface area (Å²) in [5.41, 5.74) is 7.15. The minimum atomic E-state index is 0.333. The highest BCUT2D eigenvalue weighted by atomic mass is 15.3. The van der Waals surface area contributed by atoms with Crippen LogP contribution in [0.4, 0.5) is 0 Å². The summed E-state index contributed by atoms with van der Waals surface area (Å²) in [4.78, 5) is 2.48. The number of rotatable bonds is 6. The van der Waals surface area contributed by atoms with Crippen molar-refractivity contribution < 1.29 is 0 Å². The van der Waals surface area contributed by atoms with Gasteiger partial charge in [0.05, 0.1) is 12.2 Å². The zero-order valence-electron chi connectivity index (χ0n) is 10.3. The van der Waals surface area contributed by atoms with Gasteiger partial charge in [0.15, 0.2) is 0 Å². The van der Waals surface area contributed by atoms with Crippen molar-refractivity contribution in [1.29, 1.82) is 0 Å². The molecule has 1 fully saturated rings. The van der Waals surface area contributed by atoms with Gasteiger partial charge in [-0.15, -0.1) is 0 Å². The lowest BCUT2D eigenvalue weighted by Crippen LogP contribution is -2.35. The molecule has 0 aromatic carbocycles. The smallest absolute Gasteiger partial charge is 0.0538 e. The first-order valence-corrected chi connectivity index (χ1v) is 6.17. The Labute approximate surface area is 97.4 Å². The number of aryl methyl sites for hydroxylation is 1. The van der Waals surface area contributed by atoms with Crippen LogP contribution in [0.25, 0.3) is 0 Å². The molecule has 16 heavy (non-hydrogen) atoms. The van der Waals surface area contributed by atoms with Crippen LogP contribution in [0, 0.1) is 5.92 Å². The second-order valence-corrected chi connectivity index (χ2v) is 4.73. The van der Waals surface area contributed by atoms with E-state index in [1.807, 2.05) is 17.9 Å². The molecular formula is C12H22N4. The van der Waals surface area contributed by atoms with Gasteiger partial charge in [0, 0.05) is 31.9 Å². The van der Waals surface area contributed by atoms with Gasteiger partial charge < -0.3 is 5.73 Å². The number of nitrogens with zero attached hydrogens (tertiary/aromatic N) is 3. The molecule has 0 bridgehead atoms. The summed E-state index contributed by atoms with van der Waals surface area (Å²) in [6, 6.07) is 0.333. The number of nitrogens with two attached hydrogens (primary N) is 1. The van der Waals surface area contributed by atoms with Crippen LogP contribution in [0.15, 0.2) is 12.4 Å². The molecular weight excluding hydrogens is 200 g/mol. The maximum absolute atomic E-state index is 5.91. The Morgan fingerprint density at radius 2 is 2.38 bits per heavy atom. The summed E-state index contributed by atoms with van der Waals surface area (Å²) < 4.78 is 1.85. The van der Waals surface area contributed by atoms with Gasteiger partial charge in [0.25, 0.3) is 0 Å². The van der Waals surface area contributed by atoms with Crippen molar-refractivity contribution in [1.82, 2.24) is 14.7 Å². The van der Waals surface area contributed by atoms with Gasteiger partial charge in [0.1, 0.15) is 0 Å². The van der Waals surface area contributed by atoms with Crippen molar-refractivity contribution in [2.45, 2.75) is 25.8 Å². The lowest BCUT2D eigenvalue weighted by atomic mass is 10.1. The van der Waals surface area contributed by atoms with E-state index >= 15 is 0 Å². The number of aromatic nitrogens is 2. The zero-order valence-corrected chi connectivity index (χ0v) is 10.3. The van der Waals surface area contributed by atoms with E-state index in [2.05, 4.69) is 23.1 Å². The molecule has 90 valence electrons. The first-order chi connectivity index (χ1) is 7.74. The third-order valence-corrected chi connectivity index (χ3v) is 3.37. The van der Waals surface area contributed by atoms with E-state index in [1.165, 1.54) is 24.9 Å². The third kappa shape index (κ3) is 2.62. The SMILES string of the molecule is CCN(CC1CC1)C(CN)c1cnn(C)c1. The first-order valence-electron chi connectivity index (χ1n) is 6.17. The maximum Gasteiger partial charge on any atom is 0.0538 e. The van der Waals surface area contributed by atoms with Gasteiger partial charge in [-0.2, -0.15) is 5.10 Å². The lowest BCUT2D eigenvalue weighted by Gasteiger charge is -2.29. The predicted molar refractivity (Wildman–Crippen MR) is 65.0 cm³/mol. The van der Waals surface area contributed by atoms with Crippen molar-refractivity contribution in [3.05, 3.63) is 18.0 Å². The van der Waals surface area contributed by atoms with Crippen LogP contribution in [0.1, 0.15) is 31.4 Å².